The van der Waals surface area contributed by atoms with Crippen LogP contribution in [0.15, 0.2) is 78.9 Å². The smallest absolute Gasteiger partial charge is 0.213 e. The predicted molar refractivity (Wildman–Crippen MR) is 145 cm³/mol. The van der Waals surface area contributed by atoms with Crippen molar-refractivity contribution >= 4 is 16.6 Å². The van der Waals surface area contributed by atoms with E-state index in [1.807, 2.05) is 48.4 Å². The first-order chi connectivity index (χ1) is 19.0. The lowest BCUT2D eigenvalue weighted by molar-refractivity contribution is 0.0551. The van der Waals surface area contributed by atoms with Crippen molar-refractivity contribution in [2.45, 2.75) is 13.0 Å². The van der Waals surface area contributed by atoms with Gasteiger partial charge in [0.1, 0.15) is 11.6 Å². The van der Waals surface area contributed by atoms with E-state index in [-0.39, 0.29) is 16.9 Å². The second-order valence-electron chi connectivity index (χ2n) is 9.43. The summed E-state index contributed by atoms with van der Waals surface area (Å²) in [5.41, 5.74) is 4.60. The molecule has 2 aliphatic rings. The summed E-state index contributed by atoms with van der Waals surface area (Å²) >= 11 is 0. The standard InChI is InChI=1S/C30H27F2N5O2/c1-19-29(24-5-3-4-9-33-24)35-25-17-21(31)16-23(32)28(25)30(19)37-18-22(36-11-13-39-14-12-36)6-7-26(37)20-8-10-34-27(15-20)38-2/h3-10,15-18,26H,11-14H2,1-2H3. The minimum absolute atomic E-state index is 0.218. The number of nitrogens with zero attached hydrogens (tertiary/aromatic N) is 5. The Morgan fingerprint density at radius 2 is 1.87 bits per heavy atom. The van der Waals surface area contributed by atoms with Crippen molar-refractivity contribution in [1.82, 2.24) is 19.9 Å². The molecule has 3 aromatic heterocycles. The molecule has 0 bridgehead atoms. The number of hydrogen-bond donors (Lipinski definition) is 0. The zero-order chi connectivity index (χ0) is 26.9. The third-order valence-electron chi connectivity index (χ3n) is 7.09. The van der Waals surface area contributed by atoms with E-state index < -0.39 is 11.6 Å². The van der Waals surface area contributed by atoms with Gasteiger partial charge in [-0.25, -0.2) is 18.7 Å². The lowest BCUT2D eigenvalue weighted by atomic mass is 9.97. The Labute approximate surface area is 225 Å². The van der Waals surface area contributed by atoms with Crippen LogP contribution in [0.5, 0.6) is 5.88 Å². The van der Waals surface area contributed by atoms with Crippen molar-refractivity contribution in [3.63, 3.8) is 0 Å². The molecule has 6 rings (SSSR count). The second kappa shape index (κ2) is 10.4. The van der Waals surface area contributed by atoms with E-state index in [0.717, 1.165) is 36.0 Å². The van der Waals surface area contributed by atoms with E-state index in [4.69, 9.17) is 14.5 Å². The van der Waals surface area contributed by atoms with Crippen LogP contribution in [0.4, 0.5) is 14.5 Å². The number of hydrogen-bond acceptors (Lipinski definition) is 7. The first-order valence-electron chi connectivity index (χ1n) is 12.8. The number of benzene rings is 1. The summed E-state index contributed by atoms with van der Waals surface area (Å²) in [6.45, 7) is 4.65. The first kappa shape index (κ1) is 24.9. The molecule has 0 radical (unpaired) electrons. The summed E-state index contributed by atoms with van der Waals surface area (Å²) in [5.74, 6) is -0.888. The lowest BCUT2D eigenvalue weighted by Crippen LogP contribution is -2.37. The molecule has 2 aliphatic heterocycles. The molecule has 1 unspecified atom stereocenters. The maximum atomic E-state index is 15.7. The zero-order valence-electron chi connectivity index (χ0n) is 21.6. The summed E-state index contributed by atoms with van der Waals surface area (Å²) in [5, 5.41) is 0.243. The maximum absolute atomic E-state index is 15.7. The Kier molecular flexibility index (Phi) is 6.66. The second-order valence-corrected chi connectivity index (χ2v) is 9.43. The molecule has 1 atom stereocenters. The fourth-order valence-electron chi connectivity index (χ4n) is 5.21. The molecule has 0 aliphatic carbocycles. The predicted octanol–water partition coefficient (Wildman–Crippen LogP) is 5.58. The van der Waals surface area contributed by atoms with Crippen LogP contribution in [0.1, 0.15) is 17.2 Å². The maximum Gasteiger partial charge on any atom is 0.213 e. The number of rotatable bonds is 5. The van der Waals surface area contributed by atoms with Gasteiger partial charge in [0.05, 0.1) is 60.0 Å². The van der Waals surface area contributed by atoms with Gasteiger partial charge < -0.3 is 19.3 Å². The summed E-state index contributed by atoms with van der Waals surface area (Å²) < 4.78 is 41.1. The van der Waals surface area contributed by atoms with E-state index in [1.54, 1.807) is 19.5 Å². The molecule has 0 saturated carbocycles. The molecule has 39 heavy (non-hydrogen) atoms. The molecular formula is C30H27F2N5O2. The van der Waals surface area contributed by atoms with Gasteiger partial charge in [0, 0.05) is 55.4 Å². The average molecular weight is 528 g/mol. The molecule has 1 saturated heterocycles. The number of morpholine rings is 1. The number of ether oxygens (including phenoxy) is 2. The van der Waals surface area contributed by atoms with Gasteiger partial charge in [-0.3, -0.25) is 4.98 Å². The van der Waals surface area contributed by atoms with Gasteiger partial charge in [-0.05, 0) is 36.8 Å². The van der Waals surface area contributed by atoms with Crippen LogP contribution < -0.4 is 9.64 Å². The SMILES string of the molecule is COc1cc(C2C=CC(N3CCOCC3)=CN2c2c(C)c(-c3ccccn3)nc3cc(F)cc(F)c23)ccn1. The third-order valence-corrected chi connectivity index (χ3v) is 7.09. The van der Waals surface area contributed by atoms with Gasteiger partial charge in [-0.15, -0.1) is 0 Å². The number of aromatic nitrogens is 3. The van der Waals surface area contributed by atoms with Crippen molar-refractivity contribution in [3.8, 4) is 17.3 Å². The molecule has 0 amide bonds. The van der Waals surface area contributed by atoms with Crippen LogP contribution in [0.2, 0.25) is 0 Å². The van der Waals surface area contributed by atoms with Gasteiger partial charge in [0.2, 0.25) is 5.88 Å². The van der Waals surface area contributed by atoms with Gasteiger partial charge in [-0.1, -0.05) is 12.1 Å². The Bertz CT molecular complexity index is 1590. The lowest BCUT2D eigenvalue weighted by Gasteiger charge is -2.38. The fraction of sp³-hybridized carbons (Fsp3) is 0.233. The van der Waals surface area contributed by atoms with Gasteiger partial charge in [0.15, 0.2) is 0 Å². The number of anilines is 1. The van der Waals surface area contributed by atoms with Gasteiger partial charge in [-0.2, -0.15) is 0 Å². The Balaban J connectivity index is 1.62. The molecule has 0 N–H and O–H groups in total. The van der Waals surface area contributed by atoms with Crippen LogP contribution in [0.25, 0.3) is 22.3 Å². The Morgan fingerprint density at radius 1 is 1.03 bits per heavy atom. The number of fused-ring (bicyclic) bond motifs is 1. The van der Waals surface area contributed by atoms with Crippen molar-refractivity contribution in [3.05, 3.63) is 102 Å². The largest absolute Gasteiger partial charge is 0.481 e. The summed E-state index contributed by atoms with van der Waals surface area (Å²) in [6, 6.07) is 11.2. The highest BCUT2D eigenvalue weighted by molar-refractivity contribution is 5.98. The number of halogens is 2. The molecule has 4 aromatic rings. The zero-order valence-corrected chi connectivity index (χ0v) is 21.6. The topological polar surface area (TPSA) is 63.6 Å². The molecule has 9 heteroatoms. The summed E-state index contributed by atoms with van der Waals surface area (Å²) in [7, 11) is 1.57. The molecule has 7 nitrogen and oxygen atoms in total. The van der Waals surface area contributed by atoms with Gasteiger partial charge in [0.25, 0.3) is 0 Å². The minimum atomic E-state index is -0.687. The Hall–Kier alpha value is -4.37. The van der Waals surface area contributed by atoms with Crippen molar-refractivity contribution in [2.24, 2.45) is 0 Å². The number of allylic oxidation sites excluding steroid dienone is 1. The van der Waals surface area contributed by atoms with Crippen LogP contribution >= 0.6 is 0 Å². The molecule has 1 aromatic carbocycles. The highest BCUT2D eigenvalue weighted by Gasteiger charge is 2.29. The highest BCUT2D eigenvalue weighted by Crippen LogP contribution is 2.43. The fourth-order valence-corrected chi connectivity index (χ4v) is 5.21. The quantitative estimate of drug-likeness (QED) is 0.336. The van der Waals surface area contributed by atoms with Crippen molar-refractivity contribution in [2.75, 3.05) is 38.3 Å². The Morgan fingerprint density at radius 3 is 2.64 bits per heavy atom. The van der Waals surface area contributed by atoms with E-state index in [1.165, 1.54) is 6.07 Å². The molecular weight excluding hydrogens is 500 g/mol. The van der Waals surface area contributed by atoms with Crippen LogP contribution in [0, 0.1) is 18.6 Å². The highest BCUT2D eigenvalue weighted by atomic mass is 19.1. The summed E-state index contributed by atoms with van der Waals surface area (Å²) in [4.78, 5) is 17.7. The molecule has 198 valence electrons. The van der Waals surface area contributed by atoms with Crippen molar-refractivity contribution < 1.29 is 18.3 Å². The van der Waals surface area contributed by atoms with Crippen LogP contribution in [-0.4, -0.2) is 53.3 Å². The number of pyridine rings is 3. The van der Waals surface area contributed by atoms with E-state index in [2.05, 4.69) is 27.0 Å². The van der Waals surface area contributed by atoms with E-state index in [0.29, 0.717) is 36.2 Å². The molecule has 5 heterocycles. The van der Waals surface area contributed by atoms with Crippen LogP contribution in [-0.2, 0) is 4.74 Å². The number of methoxy groups -OCH3 is 1. The van der Waals surface area contributed by atoms with Crippen molar-refractivity contribution in [1.29, 1.82) is 0 Å². The third kappa shape index (κ3) is 4.70. The normalized spacial score (nSPS) is 17.4. The van der Waals surface area contributed by atoms with Gasteiger partial charge >= 0.3 is 0 Å². The minimum Gasteiger partial charge on any atom is -0.481 e. The summed E-state index contributed by atoms with van der Waals surface area (Å²) in [6.07, 6.45) is 9.55. The van der Waals surface area contributed by atoms with E-state index >= 15 is 4.39 Å². The van der Waals surface area contributed by atoms with E-state index in [9.17, 15) is 4.39 Å². The average Bonchev–Trinajstić information content (AvgIpc) is 2.98. The van der Waals surface area contributed by atoms with Crippen LogP contribution in [0.3, 0.4) is 0 Å². The monoisotopic (exact) mass is 527 g/mol. The first-order valence-corrected chi connectivity index (χ1v) is 12.8. The molecule has 1 fully saturated rings. The molecule has 0 spiro atoms.